The van der Waals surface area contributed by atoms with Crippen LogP contribution in [-0.2, 0) is 9.59 Å². The molecule has 0 radical (unpaired) electrons. The predicted octanol–water partition coefficient (Wildman–Crippen LogP) is 3.83. The lowest BCUT2D eigenvalue weighted by molar-refractivity contribution is -0.124. The quantitative estimate of drug-likeness (QED) is 0.590. The van der Waals surface area contributed by atoms with Gasteiger partial charge in [-0.1, -0.05) is 17.7 Å². The average molecular weight is 402 g/mol. The molecule has 1 aliphatic rings. The Hall–Kier alpha value is -3.19. The van der Waals surface area contributed by atoms with E-state index in [2.05, 4.69) is 11.9 Å². The highest BCUT2D eigenvalue weighted by Gasteiger charge is 2.46. The third-order valence-electron chi connectivity index (χ3n) is 4.24. The molecule has 28 heavy (non-hydrogen) atoms. The fraction of sp³-hybridized carbons (Fsp3) is 0.150. The van der Waals surface area contributed by atoms with Crippen LogP contribution in [0.4, 0.5) is 20.6 Å². The molecule has 0 bridgehead atoms. The molecular formula is C20H17ClFN3O3. The minimum atomic E-state index is -0.971. The molecule has 1 fully saturated rings. The van der Waals surface area contributed by atoms with Crippen LogP contribution in [-0.4, -0.2) is 35.3 Å². The zero-order chi connectivity index (χ0) is 20.3. The third kappa shape index (κ3) is 4.04. The van der Waals surface area contributed by atoms with Crippen molar-refractivity contribution in [2.45, 2.75) is 12.5 Å². The zero-order valence-corrected chi connectivity index (χ0v) is 15.5. The van der Waals surface area contributed by atoms with Crippen LogP contribution in [0.3, 0.4) is 0 Å². The van der Waals surface area contributed by atoms with Crippen LogP contribution in [0.5, 0.6) is 0 Å². The lowest BCUT2D eigenvalue weighted by atomic mass is 10.1. The Morgan fingerprint density at radius 1 is 1.14 bits per heavy atom. The summed E-state index contributed by atoms with van der Waals surface area (Å²) in [5, 5.41) is 3.07. The van der Waals surface area contributed by atoms with Crippen LogP contribution in [0.1, 0.15) is 6.42 Å². The number of imide groups is 1. The van der Waals surface area contributed by atoms with Gasteiger partial charge in [-0.3, -0.25) is 9.59 Å². The maximum absolute atomic E-state index is 13.0. The molecule has 1 aliphatic heterocycles. The summed E-state index contributed by atoms with van der Waals surface area (Å²) in [7, 11) is 0. The first-order chi connectivity index (χ1) is 13.4. The highest BCUT2D eigenvalue weighted by Crippen LogP contribution is 2.28. The Balaban J connectivity index is 1.79. The van der Waals surface area contributed by atoms with Gasteiger partial charge < -0.3 is 10.2 Å². The number of benzene rings is 2. The van der Waals surface area contributed by atoms with Crippen LogP contribution in [0, 0.1) is 5.82 Å². The van der Waals surface area contributed by atoms with Crippen LogP contribution < -0.4 is 10.2 Å². The van der Waals surface area contributed by atoms with Crippen molar-refractivity contribution in [3.8, 4) is 0 Å². The Bertz CT molecular complexity index is 915. The molecule has 4 amide bonds. The number of carbonyl (C=O) groups excluding carboxylic acids is 3. The van der Waals surface area contributed by atoms with E-state index < -0.39 is 29.7 Å². The van der Waals surface area contributed by atoms with Gasteiger partial charge >= 0.3 is 6.03 Å². The summed E-state index contributed by atoms with van der Waals surface area (Å²) in [4.78, 5) is 40.3. The second-order valence-corrected chi connectivity index (χ2v) is 6.59. The average Bonchev–Trinajstić information content (AvgIpc) is 2.89. The van der Waals surface area contributed by atoms with Gasteiger partial charge in [-0.25, -0.2) is 14.1 Å². The highest BCUT2D eigenvalue weighted by molar-refractivity contribution is 6.30. The van der Waals surface area contributed by atoms with Crippen molar-refractivity contribution in [3.05, 3.63) is 72.0 Å². The molecule has 1 N–H and O–H groups in total. The topological polar surface area (TPSA) is 69.7 Å². The van der Waals surface area contributed by atoms with Gasteiger partial charge in [-0.05, 0) is 48.5 Å². The van der Waals surface area contributed by atoms with Crippen LogP contribution in [0.15, 0.2) is 61.2 Å². The van der Waals surface area contributed by atoms with Crippen molar-refractivity contribution in [3.63, 3.8) is 0 Å². The molecule has 144 valence electrons. The molecule has 0 aromatic heterocycles. The van der Waals surface area contributed by atoms with Gasteiger partial charge in [0, 0.05) is 17.3 Å². The van der Waals surface area contributed by atoms with Gasteiger partial charge in [0.1, 0.15) is 11.9 Å². The molecule has 1 saturated heterocycles. The minimum absolute atomic E-state index is 0.114. The summed E-state index contributed by atoms with van der Waals surface area (Å²) >= 11 is 5.87. The van der Waals surface area contributed by atoms with E-state index in [0.29, 0.717) is 16.4 Å². The maximum atomic E-state index is 13.0. The van der Waals surface area contributed by atoms with E-state index in [1.54, 1.807) is 24.3 Å². The van der Waals surface area contributed by atoms with E-state index >= 15 is 0 Å². The van der Waals surface area contributed by atoms with E-state index in [4.69, 9.17) is 11.6 Å². The largest absolute Gasteiger partial charge is 0.332 e. The SMILES string of the molecule is C=CCN1C(=O)N(c2ccc(Cl)cc2)C(=O)[C@@H]1CC(=O)Nc1ccc(F)cc1. The first kappa shape index (κ1) is 19.6. The van der Waals surface area contributed by atoms with E-state index in [9.17, 15) is 18.8 Å². The normalized spacial score (nSPS) is 16.4. The first-order valence-electron chi connectivity index (χ1n) is 8.47. The number of hydrogen-bond donors (Lipinski definition) is 1. The van der Waals surface area contributed by atoms with Gasteiger partial charge in [-0.15, -0.1) is 6.58 Å². The summed E-state index contributed by atoms with van der Waals surface area (Å²) in [6.07, 6.45) is 1.25. The molecule has 3 rings (SSSR count). The van der Waals surface area contributed by atoms with Gasteiger partial charge in [0.2, 0.25) is 5.91 Å². The number of urea groups is 1. The van der Waals surface area contributed by atoms with Crippen molar-refractivity contribution in [2.75, 3.05) is 16.8 Å². The Morgan fingerprint density at radius 3 is 2.39 bits per heavy atom. The Labute approximate surface area is 166 Å². The number of anilines is 2. The molecule has 0 spiro atoms. The van der Waals surface area contributed by atoms with Gasteiger partial charge in [-0.2, -0.15) is 0 Å². The number of nitrogens with one attached hydrogen (secondary N) is 1. The predicted molar refractivity (Wildman–Crippen MR) is 105 cm³/mol. The summed E-state index contributed by atoms with van der Waals surface area (Å²) in [6, 6.07) is 10.0. The number of rotatable bonds is 6. The van der Waals surface area contributed by atoms with Crippen molar-refractivity contribution >= 4 is 40.8 Å². The fourth-order valence-corrected chi connectivity index (χ4v) is 3.05. The third-order valence-corrected chi connectivity index (χ3v) is 4.49. The first-order valence-corrected chi connectivity index (χ1v) is 8.85. The number of hydrogen-bond acceptors (Lipinski definition) is 3. The monoisotopic (exact) mass is 401 g/mol. The molecule has 0 saturated carbocycles. The van der Waals surface area contributed by atoms with E-state index in [0.717, 1.165) is 4.90 Å². The Kier molecular flexibility index (Phi) is 5.75. The maximum Gasteiger partial charge on any atom is 0.332 e. The van der Waals surface area contributed by atoms with Crippen molar-refractivity contribution in [1.29, 1.82) is 0 Å². The second-order valence-electron chi connectivity index (χ2n) is 6.15. The van der Waals surface area contributed by atoms with E-state index in [-0.39, 0.29) is 13.0 Å². The van der Waals surface area contributed by atoms with Gasteiger partial charge in [0.15, 0.2) is 0 Å². The smallest absolute Gasteiger partial charge is 0.326 e. The lowest BCUT2D eigenvalue weighted by Crippen LogP contribution is -2.38. The standard InChI is InChI=1S/C20H17ClFN3O3/c1-2-11-24-17(12-18(26)23-15-7-5-14(22)6-8-15)19(27)25(20(24)28)16-9-3-13(21)4-10-16/h2-10,17H,1,11-12H2,(H,23,26)/t17-/m0/s1. The van der Waals surface area contributed by atoms with Crippen molar-refractivity contribution in [1.82, 2.24) is 4.90 Å². The van der Waals surface area contributed by atoms with Crippen LogP contribution in [0.25, 0.3) is 0 Å². The molecule has 8 heteroatoms. The number of carbonyl (C=O) groups is 3. The number of nitrogens with zero attached hydrogens (tertiary/aromatic N) is 2. The second kappa shape index (κ2) is 8.22. The van der Waals surface area contributed by atoms with Gasteiger partial charge in [0.25, 0.3) is 5.91 Å². The Morgan fingerprint density at radius 2 is 1.79 bits per heavy atom. The van der Waals surface area contributed by atoms with Crippen LogP contribution >= 0.6 is 11.6 Å². The van der Waals surface area contributed by atoms with Gasteiger partial charge in [0.05, 0.1) is 12.1 Å². The molecule has 2 aromatic rings. The van der Waals surface area contributed by atoms with Crippen molar-refractivity contribution in [2.24, 2.45) is 0 Å². The highest BCUT2D eigenvalue weighted by atomic mass is 35.5. The van der Waals surface area contributed by atoms with E-state index in [1.165, 1.54) is 35.2 Å². The molecule has 0 unspecified atom stereocenters. The molecular weight excluding hydrogens is 385 g/mol. The molecule has 2 aromatic carbocycles. The molecule has 0 aliphatic carbocycles. The molecule has 6 nitrogen and oxygen atoms in total. The van der Waals surface area contributed by atoms with Crippen molar-refractivity contribution < 1.29 is 18.8 Å². The van der Waals surface area contributed by atoms with Crippen LogP contribution in [0.2, 0.25) is 5.02 Å². The van der Waals surface area contributed by atoms with E-state index in [1.807, 2.05) is 0 Å². The summed E-state index contributed by atoms with van der Waals surface area (Å²) in [5.74, 6) is -1.40. The number of halogens is 2. The number of amides is 4. The molecule has 1 atom stereocenters. The molecule has 1 heterocycles. The summed E-state index contributed by atoms with van der Waals surface area (Å²) in [5.41, 5.74) is 0.767. The summed E-state index contributed by atoms with van der Waals surface area (Å²) < 4.78 is 13.0. The minimum Gasteiger partial charge on any atom is -0.326 e. The lowest BCUT2D eigenvalue weighted by Gasteiger charge is -2.19. The fourth-order valence-electron chi connectivity index (χ4n) is 2.93. The summed E-state index contributed by atoms with van der Waals surface area (Å²) in [6.45, 7) is 3.72. The zero-order valence-electron chi connectivity index (χ0n) is 14.8.